The number of hydrogen-bond acceptors (Lipinski definition) is 7. The Morgan fingerprint density at radius 2 is 1.51 bits per heavy atom. The number of ether oxygens (including phenoxy) is 1. The summed E-state index contributed by atoms with van der Waals surface area (Å²) in [4.78, 5) is 40.7. The number of carbonyl (C=O) groups excluding carboxylic acids is 2. The van der Waals surface area contributed by atoms with Gasteiger partial charge in [-0.2, -0.15) is 0 Å². The maximum atomic E-state index is 13.6. The molecule has 260 valence electrons. The maximum Gasteiger partial charge on any atom is 0.337 e. The molecule has 0 amide bonds. The number of esters is 1. The monoisotopic (exact) mass is 685 g/mol. The van der Waals surface area contributed by atoms with Gasteiger partial charge in [0.15, 0.2) is 5.78 Å². The Bertz CT molecular complexity index is 1660. The first-order valence-electron chi connectivity index (χ1n) is 16.9. The third kappa shape index (κ3) is 8.67. The minimum atomic E-state index is -0.778. The Morgan fingerprint density at radius 3 is 2.04 bits per heavy atom. The molecular weight excluding hydrogens is 638 g/mol. The van der Waals surface area contributed by atoms with Crippen LogP contribution in [-0.4, -0.2) is 46.8 Å². The number of likely N-dealkylation sites (tertiary alicyclic amines) is 1. The second-order valence-electron chi connectivity index (χ2n) is 14.0. The Labute approximate surface area is 296 Å². The average Bonchev–Trinajstić information content (AvgIpc) is 3.06. The third-order valence-electron chi connectivity index (χ3n) is 9.57. The van der Waals surface area contributed by atoms with Crippen molar-refractivity contribution in [2.45, 2.75) is 83.7 Å². The molecule has 3 aromatic carbocycles. The van der Waals surface area contributed by atoms with Crippen molar-refractivity contribution in [1.82, 2.24) is 10.2 Å². The first-order chi connectivity index (χ1) is 22.9. The van der Waals surface area contributed by atoms with Crippen molar-refractivity contribution in [1.29, 1.82) is 0 Å². The second-order valence-corrected chi connectivity index (χ2v) is 14.0. The van der Waals surface area contributed by atoms with Crippen molar-refractivity contribution in [2.24, 2.45) is 0 Å². The van der Waals surface area contributed by atoms with Gasteiger partial charge in [0.2, 0.25) is 0 Å². The topological polar surface area (TPSA) is 102 Å². The van der Waals surface area contributed by atoms with E-state index in [2.05, 4.69) is 70.9 Å². The van der Waals surface area contributed by atoms with Crippen molar-refractivity contribution < 1.29 is 19.2 Å². The zero-order chi connectivity index (χ0) is 34.5. The molecule has 0 spiro atoms. The molecule has 2 aliphatic heterocycles. The number of rotatable bonds is 11. The molecule has 3 aromatic rings. The molecule has 0 saturated carbocycles. The number of non-ortho nitro benzene ring substituents is 1. The maximum absolute atomic E-state index is 13.6. The molecule has 0 aliphatic carbocycles. The zero-order valence-corrected chi connectivity index (χ0v) is 30.0. The largest absolute Gasteiger partial charge is 0.457 e. The summed E-state index contributed by atoms with van der Waals surface area (Å²) in [5.41, 5.74) is 4.51. The molecule has 49 heavy (non-hydrogen) atoms. The Hall–Kier alpha value is -4.27. The number of allylic oxidation sites excluding steroid dienone is 3. The summed E-state index contributed by atoms with van der Waals surface area (Å²) in [7, 11) is 0. The lowest BCUT2D eigenvalue weighted by atomic mass is 9.68. The molecule has 2 aliphatic rings. The van der Waals surface area contributed by atoms with E-state index in [9.17, 15) is 19.7 Å². The lowest BCUT2D eigenvalue weighted by Gasteiger charge is -2.43. The normalized spacial score (nSPS) is 17.9. The summed E-state index contributed by atoms with van der Waals surface area (Å²) >= 11 is 0. The summed E-state index contributed by atoms with van der Waals surface area (Å²) in [5, 5.41) is 15.1. The number of benzene rings is 3. The molecular formula is C40H48ClN3O5. The molecule has 1 unspecified atom stereocenters. The molecule has 5 rings (SSSR count). The van der Waals surface area contributed by atoms with Crippen LogP contribution in [0.15, 0.2) is 107 Å². The SMILES string of the molecule is CC(=O)C1=C(CCCCN2CCC(c3ccccc3)(c3ccccc3)CC2)NC(C)=C(C(=O)OC(C)(C)C)C1c1cccc([N+](=O)[O-])c1.Cl. The molecule has 9 heteroatoms. The summed E-state index contributed by atoms with van der Waals surface area (Å²) in [6, 6.07) is 27.9. The number of dihydropyridines is 1. The van der Waals surface area contributed by atoms with Crippen molar-refractivity contribution >= 4 is 29.8 Å². The van der Waals surface area contributed by atoms with Crippen LogP contribution in [0.2, 0.25) is 0 Å². The molecule has 0 bridgehead atoms. The fourth-order valence-corrected chi connectivity index (χ4v) is 7.32. The van der Waals surface area contributed by atoms with Crippen LogP contribution in [0, 0.1) is 10.1 Å². The van der Waals surface area contributed by atoms with Gasteiger partial charge in [0, 0.05) is 40.4 Å². The third-order valence-corrected chi connectivity index (χ3v) is 9.57. The molecule has 1 N–H and O–H groups in total. The van der Waals surface area contributed by atoms with E-state index >= 15 is 0 Å². The number of piperidine rings is 1. The van der Waals surface area contributed by atoms with E-state index in [4.69, 9.17) is 4.74 Å². The average molecular weight is 686 g/mol. The fraction of sp³-hybridized carbons (Fsp3) is 0.400. The number of nitro groups is 1. The summed E-state index contributed by atoms with van der Waals surface area (Å²) < 4.78 is 5.77. The van der Waals surface area contributed by atoms with E-state index in [0.717, 1.165) is 51.0 Å². The van der Waals surface area contributed by atoms with Crippen LogP contribution in [0.25, 0.3) is 0 Å². The van der Waals surface area contributed by atoms with Gasteiger partial charge in [-0.25, -0.2) is 4.79 Å². The summed E-state index contributed by atoms with van der Waals surface area (Å²) in [6.07, 6.45) is 4.50. The molecule has 0 radical (unpaired) electrons. The van der Waals surface area contributed by atoms with Crippen LogP contribution >= 0.6 is 12.4 Å². The van der Waals surface area contributed by atoms with Crippen molar-refractivity contribution in [3.63, 3.8) is 0 Å². The van der Waals surface area contributed by atoms with E-state index in [1.54, 1.807) is 39.8 Å². The lowest BCUT2D eigenvalue weighted by molar-refractivity contribution is -0.384. The van der Waals surface area contributed by atoms with Gasteiger partial charge in [-0.3, -0.25) is 14.9 Å². The van der Waals surface area contributed by atoms with E-state index in [1.807, 2.05) is 0 Å². The number of carbonyl (C=O) groups is 2. The number of ketones is 1. The summed E-state index contributed by atoms with van der Waals surface area (Å²) in [5.74, 6) is -1.51. The first-order valence-corrected chi connectivity index (χ1v) is 16.9. The van der Waals surface area contributed by atoms with E-state index < -0.39 is 22.4 Å². The molecule has 0 aromatic heterocycles. The zero-order valence-electron chi connectivity index (χ0n) is 29.2. The molecule has 1 atom stereocenters. The van der Waals surface area contributed by atoms with Gasteiger partial charge in [-0.05, 0) is 103 Å². The highest BCUT2D eigenvalue weighted by Gasteiger charge is 2.39. The lowest BCUT2D eigenvalue weighted by Crippen LogP contribution is -2.43. The quantitative estimate of drug-likeness (QED) is 0.0936. The number of nitro benzene ring substituents is 1. The smallest absolute Gasteiger partial charge is 0.337 e. The van der Waals surface area contributed by atoms with Gasteiger partial charge in [-0.15, -0.1) is 12.4 Å². The van der Waals surface area contributed by atoms with E-state index in [1.165, 1.54) is 30.2 Å². The van der Waals surface area contributed by atoms with Crippen LogP contribution < -0.4 is 5.32 Å². The summed E-state index contributed by atoms with van der Waals surface area (Å²) in [6.45, 7) is 11.6. The van der Waals surface area contributed by atoms with Gasteiger partial charge < -0.3 is 15.0 Å². The minimum Gasteiger partial charge on any atom is -0.457 e. The highest BCUT2D eigenvalue weighted by molar-refractivity contribution is 6.02. The van der Waals surface area contributed by atoms with Crippen LogP contribution in [0.4, 0.5) is 5.69 Å². The van der Waals surface area contributed by atoms with Crippen LogP contribution in [0.5, 0.6) is 0 Å². The van der Waals surface area contributed by atoms with Gasteiger partial charge in [0.1, 0.15) is 5.60 Å². The van der Waals surface area contributed by atoms with Gasteiger partial charge in [-0.1, -0.05) is 72.8 Å². The molecule has 1 fully saturated rings. The number of hydrogen-bond donors (Lipinski definition) is 1. The molecule has 1 saturated heterocycles. The van der Waals surface area contributed by atoms with Crippen LogP contribution in [-0.2, 0) is 19.7 Å². The highest BCUT2D eigenvalue weighted by Crippen LogP contribution is 2.43. The Balaban J connectivity index is 0.00000541. The molecule has 8 nitrogen and oxygen atoms in total. The van der Waals surface area contributed by atoms with Crippen LogP contribution in [0.1, 0.15) is 89.3 Å². The van der Waals surface area contributed by atoms with E-state index in [0.29, 0.717) is 28.8 Å². The van der Waals surface area contributed by atoms with Crippen molar-refractivity contribution in [3.05, 3.63) is 134 Å². The predicted octanol–water partition coefficient (Wildman–Crippen LogP) is 8.41. The molecule has 2 heterocycles. The number of Topliss-reactive ketones (excluding diaryl/α,β-unsaturated/α-hetero) is 1. The highest BCUT2D eigenvalue weighted by atomic mass is 35.5. The predicted molar refractivity (Wildman–Crippen MR) is 196 cm³/mol. The van der Waals surface area contributed by atoms with Crippen molar-refractivity contribution in [2.75, 3.05) is 19.6 Å². The van der Waals surface area contributed by atoms with Gasteiger partial charge in [0.05, 0.1) is 10.5 Å². The first kappa shape index (κ1) is 37.5. The van der Waals surface area contributed by atoms with Crippen LogP contribution in [0.3, 0.4) is 0 Å². The van der Waals surface area contributed by atoms with Crippen molar-refractivity contribution in [3.8, 4) is 0 Å². The number of unbranched alkanes of at least 4 members (excludes halogenated alkanes) is 1. The standard InChI is InChI=1S/C40H47N3O5.ClH/c1-28-35(38(45)48-39(3,4)5)37(30-15-14-20-33(27-30)43(46)47)36(29(2)44)34(41-28)21-12-13-24-42-25-22-40(23-26-42,31-16-8-6-9-17-31)32-18-10-7-11-19-32;/h6-11,14-20,27,37,41H,12-13,21-26H2,1-5H3;1H. The fourth-order valence-electron chi connectivity index (χ4n) is 7.32. The number of nitrogens with one attached hydrogen (secondary N) is 1. The van der Waals surface area contributed by atoms with Gasteiger partial charge >= 0.3 is 5.97 Å². The Morgan fingerprint density at radius 1 is 0.918 bits per heavy atom. The van der Waals surface area contributed by atoms with Gasteiger partial charge in [0.25, 0.3) is 5.69 Å². The second kappa shape index (κ2) is 16.0. The Kier molecular flexibility index (Phi) is 12.2. The van der Waals surface area contributed by atoms with E-state index in [-0.39, 0.29) is 29.3 Å². The number of halogens is 1. The number of nitrogens with zero attached hydrogens (tertiary/aromatic N) is 2. The minimum absolute atomic E-state index is 0.